The molecule has 6 heteroatoms. The van der Waals surface area contributed by atoms with E-state index < -0.39 is 9.86 Å². The Morgan fingerprint density at radius 1 is 1.21 bits per heavy atom. The molecule has 0 saturated heterocycles. The Labute approximate surface area is 93.6 Å². The largest absolute Gasteiger partial charge is 0.354 e. The maximum absolute atomic E-state index is 11.4. The molecule has 0 atom stereocenters. The molecule has 4 nitrogen and oxygen atoms in total. The average Bonchev–Trinajstić information content (AvgIpc) is 1.99. The van der Waals surface area contributed by atoms with Crippen LogP contribution in [-0.2, 0) is 14.4 Å². The van der Waals surface area contributed by atoms with Gasteiger partial charge in [-0.1, -0.05) is 0 Å². The highest BCUT2D eigenvalue weighted by Gasteiger charge is 2.30. The first kappa shape index (κ1) is 13.5. The lowest BCUT2D eigenvalue weighted by atomic mass is 10.1. The van der Waals surface area contributed by atoms with E-state index in [-0.39, 0.29) is 24.7 Å². The van der Waals surface area contributed by atoms with Crippen molar-refractivity contribution in [2.45, 2.75) is 24.3 Å². The van der Waals surface area contributed by atoms with Gasteiger partial charge in [-0.15, -0.1) is 0 Å². The van der Waals surface area contributed by atoms with Gasteiger partial charge in [0.25, 0.3) is 0 Å². The molecule has 1 amide bonds. The smallest absolute Gasteiger partial charge is 0.216 e. The summed E-state index contributed by atoms with van der Waals surface area (Å²) in [5.74, 6) is -0.927. The first-order valence-electron chi connectivity index (χ1n) is 3.97. The highest BCUT2D eigenvalue weighted by atomic mass is 32.2. The molecule has 0 bridgehead atoms. The van der Waals surface area contributed by atoms with Crippen LogP contribution in [0.1, 0.15) is 20.3 Å². The molecule has 14 heavy (non-hydrogen) atoms. The zero-order chi connectivity index (χ0) is 11.4. The van der Waals surface area contributed by atoms with Crippen molar-refractivity contribution >= 4 is 42.7 Å². The Hall–Kier alpha value is -0.490. The Morgan fingerprint density at radius 3 is 2.07 bits per heavy atom. The van der Waals surface area contributed by atoms with Gasteiger partial charge in [-0.25, -0.2) is 0 Å². The van der Waals surface area contributed by atoms with Crippen LogP contribution in [0.2, 0.25) is 0 Å². The second-order valence-corrected chi connectivity index (χ2v) is 4.91. The first-order valence-corrected chi connectivity index (χ1v) is 4.87. The maximum Gasteiger partial charge on any atom is 0.216 e. The van der Waals surface area contributed by atoms with Crippen molar-refractivity contribution in [1.29, 1.82) is 0 Å². The average molecular weight is 235 g/mol. The van der Waals surface area contributed by atoms with E-state index in [0.717, 1.165) is 0 Å². The summed E-state index contributed by atoms with van der Waals surface area (Å²) in [7, 11) is 0. The molecular formula is C8H13NO3S2. The SMILES string of the molecule is CC(=O)CC(=O)C(S)(S)CNC(C)=O. The van der Waals surface area contributed by atoms with E-state index in [1.165, 1.54) is 13.8 Å². The Balaban J connectivity index is 4.22. The minimum Gasteiger partial charge on any atom is -0.354 e. The van der Waals surface area contributed by atoms with E-state index >= 15 is 0 Å². The summed E-state index contributed by atoms with van der Waals surface area (Å²) >= 11 is 7.96. The molecule has 0 fully saturated rings. The van der Waals surface area contributed by atoms with Crippen LogP contribution in [0.5, 0.6) is 0 Å². The number of thiol groups is 2. The van der Waals surface area contributed by atoms with Gasteiger partial charge in [0.1, 0.15) is 9.86 Å². The van der Waals surface area contributed by atoms with Gasteiger partial charge in [-0.2, -0.15) is 25.3 Å². The molecule has 0 aromatic heterocycles. The first-order chi connectivity index (χ1) is 6.25. The fraction of sp³-hybridized carbons (Fsp3) is 0.625. The van der Waals surface area contributed by atoms with Crippen LogP contribution in [0.25, 0.3) is 0 Å². The van der Waals surface area contributed by atoms with Crippen molar-refractivity contribution in [3.05, 3.63) is 0 Å². The number of carbonyl (C=O) groups excluding carboxylic acids is 3. The fourth-order valence-corrected chi connectivity index (χ4v) is 1.03. The number of rotatable bonds is 5. The van der Waals surface area contributed by atoms with Gasteiger partial charge in [0.15, 0.2) is 5.78 Å². The van der Waals surface area contributed by atoms with Crippen molar-refractivity contribution in [3.8, 4) is 0 Å². The Bertz CT molecular complexity index is 263. The second kappa shape index (κ2) is 5.41. The van der Waals surface area contributed by atoms with Crippen LogP contribution in [0, 0.1) is 0 Å². The number of ketones is 2. The highest BCUT2D eigenvalue weighted by molar-refractivity contribution is 8.02. The molecular weight excluding hydrogens is 222 g/mol. The van der Waals surface area contributed by atoms with Crippen molar-refractivity contribution in [1.82, 2.24) is 5.32 Å². The monoisotopic (exact) mass is 235 g/mol. The van der Waals surface area contributed by atoms with Crippen LogP contribution in [-0.4, -0.2) is 28.1 Å². The van der Waals surface area contributed by atoms with Gasteiger partial charge in [0.2, 0.25) is 5.91 Å². The molecule has 0 unspecified atom stereocenters. The summed E-state index contributed by atoms with van der Waals surface area (Å²) in [6.45, 7) is 2.64. The van der Waals surface area contributed by atoms with Crippen molar-refractivity contribution < 1.29 is 14.4 Å². The van der Waals surface area contributed by atoms with Crippen molar-refractivity contribution in [3.63, 3.8) is 0 Å². The lowest BCUT2D eigenvalue weighted by molar-refractivity contribution is -0.125. The number of hydrogen-bond donors (Lipinski definition) is 3. The molecule has 0 aliphatic rings. The summed E-state index contributed by atoms with van der Waals surface area (Å²) in [6, 6.07) is 0. The number of carbonyl (C=O) groups is 3. The Kier molecular flexibility index (Phi) is 5.22. The minimum atomic E-state index is -1.28. The summed E-state index contributed by atoms with van der Waals surface area (Å²) in [5.41, 5.74) is 0. The minimum absolute atomic E-state index is 0.000664. The number of amides is 1. The topological polar surface area (TPSA) is 63.2 Å². The highest BCUT2D eigenvalue weighted by Crippen LogP contribution is 2.21. The standard InChI is InChI=1S/C8H13NO3S2/c1-5(10)3-7(12)8(13,14)4-9-6(2)11/h13-14H,3-4H2,1-2H3,(H,9,11). The van der Waals surface area contributed by atoms with Crippen LogP contribution in [0.3, 0.4) is 0 Å². The maximum atomic E-state index is 11.4. The van der Waals surface area contributed by atoms with Crippen LogP contribution >= 0.6 is 25.3 Å². The van der Waals surface area contributed by atoms with Crippen LogP contribution < -0.4 is 5.32 Å². The van der Waals surface area contributed by atoms with Crippen molar-refractivity contribution in [2.24, 2.45) is 0 Å². The molecule has 0 radical (unpaired) electrons. The lowest BCUT2D eigenvalue weighted by Crippen LogP contribution is -2.40. The van der Waals surface area contributed by atoms with Gasteiger partial charge in [-0.05, 0) is 6.92 Å². The van der Waals surface area contributed by atoms with Gasteiger partial charge < -0.3 is 5.32 Å². The Morgan fingerprint density at radius 2 is 1.71 bits per heavy atom. The number of Topliss-reactive ketones (excluding diaryl/α,β-unsaturated/α-hetero) is 2. The van der Waals surface area contributed by atoms with E-state index in [9.17, 15) is 14.4 Å². The van der Waals surface area contributed by atoms with Crippen LogP contribution in [0.4, 0.5) is 0 Å². The van der Waals surface area contributed by atoms with Gasteiger partial charge in [-0.3, -0.25) is 14.4 Å². The zero-order valence-electron chi connectivity index (χ0n) is 8.03. The molecule has 0 heterocycles. The fourth-order valence-electron chi connectivity index (χ4n) is 0.714. The summed E-state index contributed by atoms with van der Waals surface area (Å²) in [6.07, 6.45) is -0.216. The quantitative estimate of drug-likeness (QED) is 0.363. The van der Waals surface area contributed by atoms with E-state index in [1.807, 2.05) is 0 Å². The van der Waals surface area contributed by atoms with Gasteiger partial charge in [0.05, 0.1) is 6.42 Å². The molecule has 1 N–H and O–H groups in total. The van der Waals surface area contributed by atoms with Crippen LogP contribution in [0.15, 0.2) is 0 Å². The third-order valence-electron chi connectivity index (χ3n) is 1.44. The molecule has 80 valence electrons. The third kappa shape index (κ3) is 5.29. The molecule has 0 aromatic carbocycles. The predicted molar refractivity (Wildman–Crippen MR) is 59.7 cm³/mol. The van der Waals surface area contributed by atoms with Crippen molar-refractivity contribution in [2.75, 3.05) is 6.54 Å². The van der Waals surface area contributed by atoms with E-state index in [2.05, 4.69) is 30.6 Å². The summed E-state index contributed by atoms with van der Waals surface area (Å²) < 4.78 is -1.28. The summed E-state index contributed by atoms with van der Waals surface area (Å²) in [4.78, 5) is 32.6. The molecule has 0 spiro atoms. The van der Waals surface area contributed by atoms with E-state index in [1.54, 1.807) is 0 Å². The molecule has 0 aliphatic carbocycles. The number of hydrogen-bond acceptors (Lipinski definition) is 5. The van der Waals surface area contributed by atoms with Gasteiger partial charge in [0, 0.05) is 13.5 Å². The van der Waals surface area contributed by atoms with E-state index in [0.29, 0.717) is 0 Å². The molecule has 0 aromatic rings. The molecule has 0 rings (SSSR count). The lowest BCUT2D eigenvalue weighted by Gasteiger charge is -2.20. The second-order valence-electron chi connectivity index (χ2n) is 3.03. The van der Waals surface area contributed by atoms with Gasteiger partial charge >= 0.3 is 0 Å². The normalized spacial score (nSPS) is 10.9. The predicted octanol–water partition coefficient (Wildman–Crippen LogP) is 0.227. The molecule has 0 aliphatic heterocycles. The number of nitrogens with one attached hydrogen (secondary N) is 1. The zero-order valence-corrected chi connectivity index (χ0v) is 9.82. The third-order valence-corrected chi connectivity index (χ3v) is 2.25. The van der Waals surface area contributed by atoms with E-state index in [4.69, 9.17) is 0 Å². The molecule has 0 saturated carbocycles. The summed E-state index contributed by atoms with van der Waals surface area (Å²) in [5, 5.41) is 2.42.